The van der Waals surface area contributed by atoms with E-state index in [1.807, 2.05) is 0 Å². The molecule has 0 amide bonds. The number of ether oxygens (including phenoxy) is 1. The van der Waals surface area contributed by atoms with Gasteiger partial charge < -0.3 is 10.1 Å². The lowest BCUT2D eigenvalue weighted by molar-refractivity contribution is 0.255. The first-order valence-electron chi connectivity index (χ1n) is 5.81. The highest BCUT2D eigenvalue weighted by molar-refractivity contribution is 5.21. The van der Waals surface area contributed by atoms with Gasteiger partial charge in [-0.25, -0.2) is 4.39 Å². The third-order valence-electron chi connectivity index (χ3n) is 2.27. The van der Waals surface area contributed by atoms with Crippen LogP contribution in [0.5, 0.6) is 5.75 Å². The zero-order chi connectivity index (χ0) is 11.8. The van der Waals surface area contributed by atoms with Gasteiger partial charge in [-0.2, -0.15) is 0 Å². The molecular formula is C13H20FNO. The lowest BCUT2D eigenvalue weighted by atomic mass is 10.2. The van der Waals surface area contributed by atoms with Crippen molar-refractivity contribution in [3.8, 4) is 5.75 Å². The van der Waals surface area contributed by atoms with Crippen molar-refractivity contribution < 1.29 is 9.13 Å². The maximum atomic E-state index is 12.6. The molecule has 0 radical (unpaired) electrons. The second kappa shape index (κ2) is 7.23. The van der Waals surface area contributed by atoms with Crippen molar-refractivity contribution in [2.24, 2.45) is 5.92 Å². The fourth-order valence-electron chi connectivity index (χ4n) is 1.35. The molecule has 0 saturated heterocycles. The standard InChI is InChI=1S/C13H20FNO/c1-3-8-15-9-11(2)10-16-13-6-4-12(14)5-7-13/h4-7,11,15H,3,8-10H2,1-2H3. The van der Waals surface area contributed by atoms with Crippen molar-refractivity contribution >= 4 is 0 Å². The molecule has 16 heavy (non-hydrogen) atoms. The van der Waals surface area contributed by atoms with E-state index in [1.165, 1.54) is 12.1 Å². The van der Waals surface area contributed by atoms with Crippen molar-refractivity contribution in [1.29, 1.82) is 0 Å². The van der Waals surface area contributed by atoms with Gasteiger partial charge in [0.1, 0.15) is 11.6 Å². The first-order valence-corrected chi connectivity index (χ1v) is 5.81. The molecule has 3 heteroatoms. The smallest absolute Gasteiger partial charge is 0.123 e. The molecule has 1 unspecified atom stereocenters. The molecular weight excluding hydrogens is 205 g/mol. The summed E-state index contributed by atoms with van der Waals surface area (Å²) in [5, 5.41) is 3.34. The maximum absolute atomic E-state index is 12.6. The number of hydrogen-bond acceptors (Lipinski definition) is 2. The van der Waals surface area contributed by atoms with Crippen LogP contribution in [0.4, 0.5) is 4.39 Å². The first kappa shape index (κ1) is 13.0. The van der Waals surface area contributed by atoms with Gasteiger partial charge in [0.2, 0.25) is 0 Å². The van der Waals surface area contributed by atoms with Crippen LogP contribution in [0.2, 0.25) is 0 Å². The van der Waals surface area contributed by atoms with Gasteiger partial charge in [0.05, 0.1) is 6.61 Å². The van der Waals surface area contributed by atoms with Crippen molar-refractivity contribution in [3.63, 3.8) is 0 Å². The first-order chi connectivity index (χ1) is 7.72. The predicted octanol–water partition coefficient (Wildman–Crippen LogP) is 2.84. The third-order valence-corrected chi connectivity index (χ3v) is 2.27. The SMILES string of the molecule is CCCNCC(C)COc1ccc(F)cc1. The Bertz CT molecular complexity index is 286. The van der Waals surface area contributed by atoms with E-state index in [9.17, 15) is 4.39 Å². The van der Waals surface area contributed by atoms with Crippen LogP contribution in [0.3, 0.4) is 0 Å². The average molecular weight is 225 g/mol. The Hall–Kier alpha value is -1.09. The number of benzene rings is 1. The lowest BCUT2D eigenvalue weighted by Crippen LogP contribution is -2.25. The number of hydrogen-bond donors (Lipinski definition) is 1. The molecule has 2 nitrogen and oxygen atoms in total. The molecule has 0 spiro atoms. The molecule has 0 saturated carbocycles. The Labute approximate surface area is 96.8 Å². The number of nitrogens with one attached hydrogen (secondary N) is 1. The van der Waals surface area contributed by atoms with Crippen molar-refractivity contribution in [1.82, 2.24) is 5.32 Å². The summed E-state index contributed by atoms with van der Waals surface area (Å²) in [6.45, 7) is 6.93. The van der Waals surface area contributed by atoms with E-state index in [2.05, 4.69) is 19.2 Å². The summed E-state index contributed by atoms with van der Waals surface area (Å²) in [6.07, 6.45) is 1.14. The van der Waals surface area contributed by atoms with Crippen LogP contribution in [0.1, 0.15) is 20.3 Å². The molecule has 0 aliphatic heterocycles. The van der Waals surface area contributed by atoms with Crippen molar-refractivity contribution in [2.75, 3.05) is 19.7 Å². The quantitative estimate of drug-likeness (QED) is 0.720. The van der Waals surface area contributed by atoms with Crippen LogP contribution in [-0.4, -0.2) is 19.7 Å². The summed E-state index contributed by atoms with van der Waals surface area (Å²) < 4.78 is 18.2. The summed E-state index contributed by atoms with van der Waals surface area (Å²) in [5.74, 6) is 0.949. The lowest BCUT2D eigenvalue weighted by Gasteiger charge is -2.13. The van der Waals surface area contributed by atoms with Crippen molar-refractivity contribution in [3.05, 3.63) is 30.1 Å². The normalized spacial score (nSPS) is 12.4. The summed E-state index contributed by atoms with van der Waals surface area (Å²) in [6, 6.07) is 6.13. The Morgan fingerprint density at radius 2 is 2.00 bits per heavy atom. The second-order valence-electron chi connectivity index (χ2n) is 4.07. The van der Waals surface area contributed by atoms with Gasteiger partial charge >= 0.3 is 0 Å². The average Bonchev–Trinajstić information content (AvgIpc) is 2.29. The van der Waals surface area contributed by atoms with Crippen LogP contribution >= 0.6 is 0 Å². The fraction of sp³-hybridized carbons (Fsp3) is 0.538. The van der Waals surface area contributed by atoms with E-state index in [0.29, 0.717) is 12.5 Å². The summed E-state index contributed by atoms with van der Waals surface area (Å²) in [5.41, 5.74) is 0. The summed E-state index contributed by atoms with van der Waals surface area (Å²) >= 11 is 0. The molecule has 1 N–H and O–H groups in total. The Kier molecular flexibility index (Phi) is 5.86. The van der Waals surface area contributed by atoms with Crippen LogP contribution < -0.4 is 10.1 Å². The Balaban J connectivity index is 2.20. The minimum Gasteiger partial charge on any atom is -0.493 e. The highest BCUT2D eigenvalue weighted by Gasteiger charge is 2.02. The summed E-state index contributed by atoms with van der Waals surface area (Å²) in [4.78, 5) is 0. The number of rotatable bonds is 7. The second-order valence-corrected chi connectivity index (χ2v) is 4.07. The zero-order valence-electron chi connectivity index (χ0n) is 10.0. The van der Waals surface area contributed by atoms with E-state index < -0.39 is 0 Å². The van der Waals surface area contributed by atoms with Gasteiger partial charge in [0.15, 0.2) is 0 Å². The highest BCUT2D eigenvalue weighted by Crippen LogP contribution is 2.11. The van der Waals surface area contributed by atoms with Gasteiger partial charge in [-0.3, -0.25) is 0 Å². The van der Waals surface area contributed by atoms with Crippen LogP contribution in [0.15, 0.2) is 24.3 Å². The van der Waals surface area contributed by atoms with Gasteiger partial charge in [0, 0.05) is 12.5 Å². The largest absolute Gasteiger partial charge is 0.493 e. The third kappa shape index (κ3) is 5.12. The molecule has 1 aromatic carbocycles. The molecule has 90 valence electrons. The predicted molar refractivity (Wildman–Crippen MR) is 64.2 cm³/mol. The van der Waals surface area contributed by atoms with Crippen LogP contribution in [0.25, 0.3) is 0 Å². The Morgan fingerprint density at radius 3 is 2.62 bits per heavy atom. The maximum Gasteiger partial charge on any atom is 0.123 e. The molecule has 0 heterocycles. The molecule has 0 aliphatic carbocycles. The van der Waals surface area contributed by atoms with Gasteiger partial charge in [0.25, 0.3) is 0 Å². The zero-order valence-corrected chi connectivity index (χ0v) is 10.0. The molecule has 1 atom stereocenters. The van der Waals surface area contributed by atoms with Crippen molar-refractivity contribution in [2.45, 2.75) is 20.3 Å². The minimum absolute atomic E-state index is 0.231. The van der Waals surface area contributed by atoms with Crippen LogP contribution in [-0.2, 0) is 0 Å². The summed E-state index contributed by atoms with van der Waals surface area (Å²) in [7, 11) is 0. The molecule has 0 bridgehead atoms. The van der Waals surface area contributed by atoms with Gasteiger partial charge in [-0.15, -0.1) is 0 Å². The molecule has 0 aliphatic rings. The fourth-order valence-corrected chi connectivity index (χ4v) is 1.35. The minimum atomic E-state index is -0.231. The monoisotopic (exact) mass is 225 g/mol. The van der Waals surface area contributed by atoms with Gasteiger partial charge in [-0.05, 0) is 37.2 Å². The van der Waals surface area contributed by atoms with E-state index in [0.717, 1.165) is 25.3 Å². The van der Waals surface area contributed by atoms with Gasteiger partial charge in [-0.1, -0.05) is 13.8 Å². The van der Waals surface area contributed by atoms with Crippen LogP contribution in [0, 0.1) is 11.7 Å². The topological polar surface area (TPSA) is 21.3 Å². The number of halogens is 1. The molecule has 1 aromatic rings. The van der Waals surface area contributed by atoms with E-state index >= 15 is 0 Å². The van der Waals surface area contributed by atoms with E-state index in [4.69, 9.17) is 4.74 Å². The Morgan fingerprint density at radius 1 is 1.31 bits per heavy atom. The molecule has 1 rings (SSSR count). The highest BCUT2D eigenvalue weighted by atomic mass is 19.1. The van der Waals surface area contributed by atoms with E-state index in [1.54, 1.807) is 12.1 Å². The molecule has 0 aromatic heterocycles. The van der Waals surface area contributed by atoms with E-state index in [-0.39, 0.29) is 5.82 Å². The molecule has 0 fully saturated rings.